The maximum absolute atomic E-state index is 12.4. The molecule has 1 aliphatic rings. The second kappa shape index (κ2) is 8.33. The van der Waals surface area contributed by atoms with E-state index in [1.54, 1.807) is 0 Å². The van der Waals surface area contributed by atoms with Gasteiger partial charge in [0, 0.05) is 33.0 Å². The first-order valence-corrected chi connectivity index (χ1v) is 9.07. The number of hydrogen-bond donors (Lipinski definition) is 1. The molecule has 1 aromatic rings. The number of carbonyl (C=O) groups is 2. The molecule has 0 unspecified atom stereocenters. The van der Waals surface area contributed by atoms with Gasteiger partial charge in [-0.2, -0.15) is 0 Å². The molecule has 7 nitrogen and oxygen atoms in total. The van der Waals surface area contributed by atoms with Crippen LogP contribution >= 0.6 is 11.8 Å². The topological polar surface area (TPSA) is 94.1 Å². The molecule has 2 rings (SSSR count). The number of nitrogens with two attached hydrogens (primary N) is 1. The van der Waals surface area contributed by atoms with Crippen LogP contribution in [0.15, 0.2) is 5.16 Å². The number of hydrogen-bond acceptors (Lipinski definition) is 5. The molecule has 0 atom stereocenters. The van der Waals surface area contributed by atoms with E-state index in [4.69, 9.17) is 5.73 Å². The maximum Gasteiger partial charge on any atom is 0.233 e. The van der Waals surface area contributed by atoms with E-state index < -0.39 is 0 Å². The van der Waals surface area contributed by atoms with Crippen molar-refractivity contribution in [3.63, 3.8) is 0 Å². The molecule has 1 aliphatic carbocycles. The molecule has 23 heavy (non-hydrogen) atoms. The summed E-state index contributed by atoms with van der Waals surface area (Å²) in [6.07, 6.45) is 4.18. The van der Waals surface area contributed by atoms with E-state index in [1.807, 2.05) is 16.5 Å². The van der Waals surface area contributed by atoms with E-state index >= 15 is 0 Å². The number of thioether (sulfide) groups is 1. The third-order valence-electron chi connectivity index (χ3n) is 3.87. The quantitative estimate of drug-likeness (QED) is 0.641. The Kier molecular flexibility index (Phi) is 6.44. The molecule has 0 spiro atoms. The third kappa shape index (κ3) is 5.53. The number of aromatic nitrogens is 3. The molecule has 128 valence electrons. The molecule has 2 amide bonds. The highest BCUT2D eigenvalue weighted by atomic mass is 32.2. The van der Waals surface area contributed by atoms with Crippen molar-refractivity contribution >= 4 is 23.6 Å². The van der Waals surface area contributed by atoms with E-state index in [1.165, 1.54) is 24.6 Å². The van der Waals surface area contributed by atoms with Crippen molar-refractivity contribution in [1.29, 1.82) is 0 Å². The van der Waals surface area contributed by atoms with Gasteiger partial charge in [-0.3, -0.25) is 9.59 Å². The predicted octanol–water partition coefficient (Wildman–Crippen LogP) is 0.974. The zero-order valence-corrected chi connectivity index (χ0v) is 14.6. The van der Waals surface area contributed by atoms with E-state index in [0.717, 1.165) is 19.5 Å². The van der Waals surface area contributed by atoms with Crippen LogP contribution in [0, 0.1) is 5.92 Å². The summed E-state index contributed by atoms with van der Waals surface area (Å²) in [6, 6.07) is 0. The average molecular weight is 339 g/mol. The van der Waals surface area contributed by atoms with E-state index in [2.05, 4.69) is 17.1 Å². The van der Waals surface area contributed by atoms with Crippen molar-refractivity contribution in [1.82, 2.24) is 19.7 Å². The van der Waals surface area contributed by atoms with Crippen LogP contribution in [0.5, 0.6) is 0 Å². The number of primary amides is 1. The smallest absolute Gasteiger partial charge is 0.233 e. The number of nitrogens with zero attached hydrogens (tertiary/aromatic N) is 4. The van der Waals surface area contributed by atoms with Crippen LogP contribution < -0.4 is 5.73 Å². The van der Waals surface area contributed by atoms with Gasteiger partial charge >= 0.3 is 0 Å². The summed E-state index contributed by atoms with van der Waals surface area (Å²) in [4.78, 5) is 25.2. The number of rotatable bonds is 10. The Morgan fingerprint density at radius 3 is 2.74 bits per heavy atom. The molecular formula is C15H25N5O2S. The van der Waals surface area contributed by atoms with E-state index in [-0.39, 0.29) is 18.2 Å². The molecular weight excluding hydrogens is 314 g/mol. The fourth-order valence-corrected chi connectivity index (χ4v) is 3.17. The third-order valence-corrected chi connectivity index (χ3v) is 4.87. The lowest BCUT2D eigenvalue weighted by Gasteiger charge is -2.21. The highest BCUT2D eigenvalue weighted by Gasteiger charge is 2.26. The van der Waals surface area contributed by atoms with Crippen LogP contribution in [0.4, 0.5) is 0 Å². The van der Waals surface area contributed by atoms with Crippen molar-refractivity contribution in [3.05, 3.63) is 5.82 Å². The lowest BCUT2D eigenvalue weighted by molar-refractivity contribution is -0.128. The molecule has 2 N–H and O–H groups in total. The van der Waals surface area contributed by atoms with Gasteiger partial charge in [0.05, 0.1) is 5.75 Å². The number of amides is 2. The lowest BCUT2D eigenvalue weighted by Crippen LogP contribution is -2.35. The van der Waals surface area contributed by atoms with Gasteiger partial charge in [-0.1, -0.05) is 18.7 Å². The Labute approximate surface area is 141 Å². The Balaban J connectivity index is 1.86. The largest absolute Gasteiger partial charge is 0.370 e. The van der Waals surface area contributed by atoms with Gasteiger partial charge in [0.15, 0.2) is 5.16 Å². The fourth-order valence-electron chi connectivity index (χ4n) is 2.34. The molecule has 1 saturated carbocycles. The van der Waals surface area contributed by atoms with Gasteiger partial charge < -0.3 is 15.2 Å². The Morgan fingerprint density at radius 2 is 2.13 bits per heavy atom. The van der Waals surface area contributed by atoms with Crippen molar-refractivity contribution in [2.24, 2.45) is 18.7 Å². The van der Waals surface area contributed by atoms with Crippen LogP contribution in [0.1, 0.15) is 38.4 Å². The molecule has 1 fully saturated rings. The van der Waals surface area contributed by atoms with Crippen molar-refractivity contribution < 1.29 is 9.59 Å². The molecule has 8 heteroatoms. The summed E-state index contributed by atoms with van der Waals surface area (Å²) in [7, 11) is 1.84. The lowest BCUT2D eigenvalue weighted by atomic mass is 10.3. The van der Waals surface area contributed by atoms with Gasteiger partial charge in [0.25, 0.3) is 0 Å². The SMILES string of the molecule is CCCN(CC1CC1)C(=O)CSc1nnc(CCC(N)=O)n1C. The van der Waals surface area contributed by atoms with Crippen LogP contribution in [0.2, 0.25) is 0 Å². The molecule has 0 saturated heterocycles. The summed E-state index contributed by atoms with van der Waals surface area (Å²) in [5.41, 5.74) is 5.15. The molecule has 0 aromatic carbocycles. The Morgan fingerprint density at radius 1 is 1.39 bits per heavy atom. The first-order valence-electron chi connectivity index (χ1n) is 8.08. The van der Waals surface area contributed by atoms with Crippen LogP contribution in [-0.4, -0.2) is 50.3 Å². The highest BCUT2D eigenvalue weighted by Crippen LogP contribution is 2.30. The minimum Gasteiger partial charge on any atom is -0.370 e. The van der Waals surface area contributed by atoms with Gasteiger partial charge in [-0.25, -0.2) is 0 Å². The normalized spacial score (nSPS) is 14.0. The monoisotopic (exact) mass is 339 g/mol. The van der Waals surface area contributed by atoms with Crippen LogP contribution in [-0.2, 0) is 23.1 Å². The summed E-state index contributed by atoms with van der Waals surface area (Å²) in [5, 5.41) is 8.86. The standard InChI is InChI=1S/C15H25N5O2S/c1-3-8-20(9-11-4-5-11)14(22)10-23-15-18-17-13(19(15)2)7-6-12(16)21/h11H,3-10H2,1-2H3,(H2,16,21). The highest BCUT2D eigenvalue weighted by molar-refractivity contribution is 7.99. The van der Waals surface area contributed by atoms with Crippen LogP contribution in [0.3, 0.4) is 0 Å². The Hall–Kier alpha value is -1.57. The van der Waals surface area contributed by atoms with E-state index in [9.17, 15) is 9.59 Å². The predicted molar refractivity (Wildman–Crippen MR) is 88.8 cm³/mol. The molecule has 0 aliphatic heterocycles. The zero-order chi connectivity index (χ0) is 16.8. The second-order valence-corrected chi connectivity index (χ2v) is 6.94. The fraction of sp³-hybridized carbons (Fsp3) is 0.733. The minimum atomic E-state index is -0.354. The first kappa shape index (κ1) is 17.8. The van der Waals surface area contributed by atoms with Gasteiger partial charge in [-0.15, -0.1) is 10.2 Å². The molecule has 0 bridgehead atoms. The first-order chi connectivity index (χ1) is 11.0. The van der Waals surface area contributed by atoms with Crippen molar-refractivity contribution in [3.8, 4) is 0 Å². The van der Waals surface area contributed by atoms with Crippen molar-refractivity contribution in [2.75, 3.05) is 18.8 Å². The molecule has 0 radical (unpaired) electrons. The van der Waals surface area contributed by atoms with Crippen LogP contribution in [0.25, 0.3) is 0 Å². The second-order valence-electron chi connectivity index (χ2n) is 6.00. The average Bonchev–Trinajstić information content (AvgIpc) is 3.26. The Bertz CT molecular complexity index is 556. The number of carbonyl (C=O) groups excluding carboxylic acids is 2. The summed E-state index contributed by atoms with van der Waals surface area (Å²) in [5.74, 6) is 1.58. The van der Waals surface area contributed by atoms with Gasteiger partial charge in [0.1, 0.15) is 5.82 Å². The molecule has 1 aromatic heterocycles. The number of aryl methyl sites for hydroxylation is 1. The summed E-state index contributed by atoms with van der Waals surface area (Å²) >= 11 is 1.39. The molecule has 1 heterocycles. The summed E-state index contributed by atoms with van der Waals surface area (Å²) in [6.45, 7) is 3.79. The maximum atomic E-state index is 12.4. The van der Waals surface area contributed by atoms with E-state index in [0.29, 0.717) is 29.1 Å². The minimum absolute atomic E-state index is 0.158. The zero-order valence-electron chi connectivity index (χ0n) is 13.8. The van der Waals surface area contributed by atoms with Crippen molar-refractivity contribution in [2.45, 2.75) is 44.2 Å². The summed E-state index contributed by atoms with van der Waals surface area (Å²) < 4.78 is 1.83. The van der Waals surface area contributed by atoms with Gasteiger partial charge in [0.2, 0.25) is 11.8 Å². The van der Waals surface area contributed by atoms with Gasteiger partial charge in [-0.05, 0) is 25.2 Å².